The number of benzene rings is 1. The van der Waals surface area contributed by atoms with Crippen molar-refractivity contribution in [2.24, 2.45) is 11.7 Å². The fraction of sp³-hybridized carbons (Fsp3) is 0.200. The van der Waals surface area contributed by atoms with Crippen molar-refractivity contribution in [3.8, 4) is 10.4 Å². The second-order valence-electron chi connectivity index (χ2n) is 6.33. The minimum atomic E-state index is -0.129. The topological polar surface area (TPSA) is 68.0 Å². The summed E-state index contributed by atoms with van der Waals surface area (Å²) in [6.07, 6.45) is 5.69. The number of hydrogen-bond acceptors (Lipinski definition) is 4. The summed E-state index contributed by atoms with van der Waals surface area (Å²) in [5.74, 6) is 0.436. The fourth-order valence-electron chi connectivity index (χ4n) is 2.98. The van der Waals surface area contributed by atoms with Gasteiger partial charge < -0.3 is 11.1 Å². The Morgan fingerprint density at radius 1 is 1.20 bits per heavy atom. The van der Waals surface area contributed by atoms with Gasteiger partial charge in [-0.1, -0.05) is 12.1 Å². The molecule has 1 atom stereocenters. The maximum absolute atomic E-state index is 12.6. The number of nitrogens with zero attached hydrogens (tertiary/aromatic N) is 1. The van der Waals surface area contributed by atoms with Gasteiger partial charge in [-0.25, -0.2) is 0 Å². The zero-order valence-electron chi connectivity index (χ0n) is 13.7. The summed E-state index contributed by atoms with van der Waals surface area (Å²) >= 11 is 1.67. The maximum atomic E-state index is 12.6. The molecule has 3 N–H and O–H groups in total. The van der Waals surface area contributed by atoms with Crippen molar-refractivity contribution in [3.63, 3.8) is 0 Å². The van der Waals surface area contributed by atoms with E-state index in [9.17, 15) is 4.79 Å². The molecule has 0 aliphatic heterocycles. The van der Waals surface area contributed by atoms with Gasteiger partial charge in [-0.05, 0) is 65.6 Å². The number of pyridine rings is 1. The van der Waals surface area contributed by atoms with Gasteiger partial charge in [-0.3, -0.25) is 9.78 Å². The Morgan fingerprint density at radius 2 is 2.00 bits per heavy atom. The molecule has 25 heavy (non-hydrogen) atoms. The first-order chi connectivity index (χ1) is 12.2. The summed E-state index contributed by atoms with van der Waals surface area (Å²) in [6.45, 7) is 0. The van der Waals surface area contributed by atoms with Gasteiger partial charge in [0.25, 0.3) is 5.91 Å². The lowest BCUT2D eigenvalue weighted by molar-refractivity contribution is 0.102. The lowest BCUT2D eigenvalue weighted by atomic mass is 9.94. The average Bonchev–Trinajstić information content (AvgIpc) is 3.35. The molecule has 1 aromatic carbocycles. The molecule has 1 fully saturated rings. The van der Waals surface area contributed by atoms with E-state index >= 15 is 0 Å². The third-order valence-corrected chi connectivity index (χ3v) is 5.43. The van der Waals surface area contributed by atoms with E-state index in [-0.39, 0.29) is 11.9 Å². The van der Waals surface area contributed by atoms with Crippen LogP contribution < -0.4 is 11.1 Å². The molecule has 2 heterocycles. The van der Waals surface area contributed by atoms with E-state index in [0.717, 1.165) is 21.7 Å². The maximum Gasteiger partial charge on any atom is 0.255 e. The van der Waals surface area contributed by atoms with Crippen molar-refractivity contribution in [2.45, 2.75) is 18.9 Å². The smallest absolute Gasteiger partial charge is 0.255 e. The standard InChI is InChI=1S/C20H19N3OS/c21-19(13-3-4-13)16-6-5-14(12-17(16)18-2-1-11-25-18)20(24)23-15-7-9-22-10-8-15/h1-2,5-13,19H,3-4,21H2,(H,22,23,24). The van der Waals surface area contributed by atoms with E-state index in [1.807, 2.05) is 29.6 Å². The molecule has 1 amide bonds. The Kier molecular flexibility index (Phi) is 4.34. The Hall–Kier alpha value is -2.50. The van der Waals surface area contributed by atoms with Crippen LogP contribution in [0.5, 0.6) is 0 Å². The first kappa shape index (κ1) is 16.0. The number of nitrogens with two attached hydrogens (primary N) is 1. The third-order valence-electron chi connectivity index (χ3n) is 4.53. The quantitative estimate of drug-likeness (QED) is 0.714. The minimum Gasteiger partial charge on any atom is -0.324 e. The van der Waals surface area contributed by atoms with Crippen LogP contribution >= 0.6 is 11.3 Å². The largest absolute Gasteiger partial charge is 0.324 e. The van der Waals surface area contributed by atoms with Crippen molar-refractivity contribution in [3.05, 3.63) is 71.4 Å². The number of nitrogens with one attached hydrogen (secondary N) is 1. The second-order valence-corrected chi connectivity index (χ2v) is 7.28. The number of carbonyl (C=O) groups excluding carboxylic acids is 1. The van der Waals surface area contributed by atoms with Crippen LogP contribution in [-0.4, -0.2) is 10.9 Å². The van der Waals surface area contributed by atoms with Crippen LogP contribution in [0.3, 0.4) is 0 Å². The molecule has 5 heteroatoms. The molecule has 1 aliphatic carbocycles. The molecular weight excluding hydrogens is 330 g/mol. The fourth-order valence-corrected chi connectivity index (χ4v) is 3.75. The van der Waals surface area contributed by atoms with Gasteiger partial charge in [0.2, 0.25) is 0 Å². The number of amides is 1. The van der Waals surface area contributed by atoms with Crippen LogP contribution in [0.25, 0.3) is 10.4 Å². The summed E-state index contributed by atoms with van der Waals surface area (Å²) in [5, 5.41) is 4.95. The molecule has 4 rings (SSSR count). The molecule has 0 spiro atoms. The van der Waals surface area contributed by atoms with Crippen molar-refractivity contribution in [1.29, 1.82) is 0 Å². The molecule has 2 aromatic heterocycles. The molecular formula is C20H19N3OS. The number of rotatable bonds is 5. The van der Waals surface area contributed by atoms with E-state index in [1.165, 1.54) is 12.8 Å². The SMILES string of the molecule is NC(c1ccc(C(=O)Nc2ccncc2)cc1-c1cccs1)C1CC1. The average molecular weight is 349 g/mol. The van der Waals surface area contributed by atoms with Gasteiger partial charge in [0.15, 0.2) is 0 Å². The summed E-state index contributed by atoms with van der Waals surface area (Å²) in [7, 11) is 0. The van der Waals surface area contributed by atoms with Crippen LogP contribution in [0.4, 0.5) is 5.69 Å². The summed E-state index contributed by atoms with van der Waals surface area (Å²) < 4.78 is 0. The van der Waals surface area contributed by atoms with E-state index in [1.54, 1.807) is 35.9 Å². The Labute approximate surface area is 150 Å². The number of anilines is 1. The van der Waals surface area contributed by atoms with E-state index < -0.39 is 0 Å². The zero-order chi connectivity index (χ0) is 17.2. The Morgan fingerprint density at radius 3 is 2.68 bits per heavy atom. The molecule has 1 unspecified atom stereocenters. The van der Waals surface area contributed by atoms with Gasteiger partial charge >= 0.3 is 0 Å². The Bertz CT molecular complexity index is 873. The van der Waals surface area contributed by atoms with Crippen LogP contribution in [0.2, 0.25) is 0 Å². The van der Waals surface area contributed by atoms with Crippen LogP contribution in [0, 0.1) is 5.92 Å². The van der Waals surface area contributed by atoms with Crippen LogP contribution in [0.15, 0.2) is 60.2 Å². The minimum absolute atomic E-state index is 0.0365. The van der Waals surface area contributed by atoms with Gasteiger partial charge in [-0.15, -0.1) is 11.3 Å². The number of carbonyl (C=O) groups is 1. The lowest BCUT2D eigenvalue weighted by Gasteiger charge is -2.17. The lowest BCUT2D eigenvalue weighted by Crippen LogP contribution is -2.16. The first-order valence-corrected chi connectivity index (χ1v) is 9.25. The summed E-state index contributed by atoms with van der Waals surface area (Å²) in [5.41, 5.74) is 10.0. The predicted octanol–water partition coefficient (Wildman–Crippen LogP) is 4.47. The third kappa shape index (κ3) is 3.48. The van der Waals surface area contributed by atoms with Crippen molar-refractivity contribution in [2.75, 3.05) is 5.32 Å². The predicted molar refractivity (Wildman–Crippen MR) is 102 cm³/mol. The van der Waals surface area contributed by atoms with Crippen LogP contribution in [0.1, 0.15) is 34.8 Å². The van der Waals surface area contributed by atoms with Gasteiger partial charge in [-0.2, -0.15) is 0 Å². The van der Waals surface area contributed by atoms with Crippen molar-refractivity contribution >= 4 is 22.9 Å². The molecule has 1 aliphatic rings. The molecule has 4 nitrogen and oxygen atoms in total. The Balaban J connectivity index is 1.67. The molecule has 1 saturated carbocycles. The highest BCUT2D eigenvalue weighted by molar-refractivity contribution is 7.13. The van der Waals surface area contributed by atoms with Gasteiger partial charge in [0.1, 0.15) is 0 Å². The summed E-state index contributed by atoms with van der Waals surface area (Å²) in [6, 6.07) is 13.5. The second kappa shape index (κ2) is 6.78. The first-order valence-electron chi connectivity index (χ1n) is 8.37. The monoisotopic (exact) mass is 349 g/mol. The van der Waals surface area contributed by atoms with Crippen LogP contribution in [-0.2, 0) is 0 Å². The zero-order valence-corrected chi connectivity index (χ0v) is 14.5. The number of hydrogen-bond donors (Lipinski definition) is 2. The van der Waals surface area contributed by atoms with Gasteiger partial charge in [0.05, 0.1) is 0 Å². The highest BCUT2D eigenvalue weighted by Crippen LogP contribution is 2.43. The highest BCUT2D eigenvalue weighted by Gasteiger charge is 2.31. The summed E-state index contributed by atoms with van der Waals surface area (Å²) in [4.78, 5) is 17.7. The van der Waals surface area contributed by atoms with Crippen molar-refractivity contribution < 1.29 is 4.79 Å². The molecule has 126 valence electrons. The van der Waals surface area contributed by atoms with E-state index in [0.29, 0.717) is 11.5 Å². The number of aromatic nitrogens is 1. The van der Waals surface area contributed by atoms with E-state index in [4.69, 9.17) is 5.73 Å². The van der Waals surface area contributed by atoms with Gasteiger partial charge in [0, 0.05) is 34.6 Å². The van der Waals surface area contributed by atoms with E-state index in [2.05, 4.69) is 16.4 Å². The molecule has 0 radical (unpaired) electrons. The normalized spacial score (nSPS) is 14.9. The highest BCUT2D eigenvalue weighted by atomic mass is 32.1. The number of thiophene rings is 1. The van der Waals surface area contributed by atoms with Crippen molar-refractivity contribution in [1.82, 2.24) is 4.98 Å². The molecule has 0 bridgehead atoms. The molecule has 3 aromatic rings. The molecule has 0 saturated heterocycles.